The molecule has 0 radical (unpaired) electrons. The molecule has 22 heavy (non-hydrogen) atoms. The second-order valence-electron chi connectivity index (χ2n) is 5.96. The maximum absolute atomic E-state index is 12.7. The highest BCUT2D eigenvalue weighted by atomic mass is 16.5. The molecule has 0 aromatic heterocycles. The molecule has 1 aromatic carbocycles. The molecule has 4 nitrogen and oxygen atoms in total. The van der Waals surface area contributed by atoms with E-state index in [1.165, 1.54) is 6.42 Å². The van der Waals surface area contributed by atoms with Crippen molar-refractivity contribution in [2.75, 3.05) is 20.8 Å². The van der Waals surface area contributed by atoms with E-state index in [1.807, 2.05) is 19.1 Å². The van der Waals surface area contributed by atoms with Crippen LogP contribution in [0.1, 0.15) is 43.7 Å². The Morgan fingerprint density at radius 2 is 1.91 bits per heavy atom. The first kappa shape index (κ1) is 16.7. The summed E-state index contributed by atoms with van der Waals surface area (Å²) in [6, 6.07) is 4.27. The summed E-state index contributed by atoms with van der Waals surface area (Å²) in [6.45, 7) is 5.07. The highest BCUT2D eigenvalue weighted by molar-refractivity contribution is 5.80. The summed E-state index contributed by atoms with van der Waals surface area (Å²) in [6.07, 6.45) is 4.96. The van der Waals surface area contributed by atoms with Crippen LogP contribution in [0.25, 0.3) is 0 Å². The van der Waals surface area contributed by atoms with E-state index in [1.54, 1.807) is 14.2 Å². The minimum atomic E-state index is 0.224. The summed E-state index contributed by atoms with van der Waals surface area (Å²) in [4.78, 5) is 14.8. The van der Waals surface area contributed by atoms with Gasteiger partial charge in [0.15, 0.2) is 11.5 Å². The van der Waals surface area contributed by atoms with Crippen LogP contribution >= 0.6 is 0 Å². The Morgan fingerprint density at radius 3 is 2.55 bits per heavy atom. The fourth-order valence-electron chi connectivity index (χ4n) is 3.23. The number of carbonyl (C=O) groups is 1. The zero-order valence-electron chi connectivity index (χ0n) is 14.1. The lowest BCUT2D eigenvalue weighted by molar-refractivity contribution is -0.134. The third-order valence-corrected chi connectivity index (χ3v) is 4.60. The Hall–Kier alpha value is -1.71. The van der Waals surface area contributed by atoms with Crippen LogP contribution in [0, 0.1) is 6.92 Å². The van der Waals surface area contributed by atoms with Crippen molar-refractivity contribution < 1.29 is 14.3 Å². The van der Waals surface area contributed by atoms with Gasteiger partial charge in [0.05, 0.1) is 20.6 Å². The third kappa shape index (κ3) is 3.54. The molecule has 1 heterocycles. The van der Waals surface area contributed by atoms with Gasteiger partial charge in [-0.05, 0) is 55.9 Å². The maximum atomic E-state index is 12.7. The molecule has 0 saturated carbocycles. The number of nitrogens with zero attached hydrogens (tertiary/aromatic N) is 1. The van der Waals surface area contributed by atoms with Crippen molar-refractivity contribution in [3.05, 3.63) is 23.3 Å². The summed E-state index contributed by atoms with van der Waals surface area (Å²) in [5.41, 5.74) is 2.08. The minimum Gasteiger partial charge on any atom is -0.493 e. The van der Waals surface area contributed by atoms with Crippen LogP contribution < -0.4 is 9.47 Å². The Morgan fingerprint density at radius 1 is 1.23 bits per heavy atom. The van der Waals surface area contributed by atoms with Gasteiger partial charge in [0.25, 0.3) is 0 Å². The van der Waals surface area contributed by atoms with Crippen molar-refractivity contribution in [3.8, 4) is 11.5 Å². The van der Waals surface area contributed by atoms with Gasteiger partial charge in [0.2, 0.25) is 5.91 Å². The third-order valence-electron chi connectivity index (χ3n) is 4.60. The number of aryl methyl sites for hydroxylation is 1. The van der Waals surface area contributed by atoms with Gasteiger partial charge >= 0.3 is 0 Å². The van der Waals surface area contributed by atoms with E-state index in [-0.39, 0.29) is 5.91 Å². The molecular formula is C18H27NO3. The molecule has 1 fully saturated rings. The van der Waals surface area contributed by atoms with E-state index in [0.717, 1.165) is 36.9 Å². The average molecular weight is 305 g/mol. The number of amides is 1. The van der Waals surface area contributed by atoms with Crippen molar-refractivity contribution in [2.24, 2.45) is 0 Å². The minimum absolute atomic E-state index is 0.224. The van der Waals surface area contributed by atoms with Crippen LogP contribution in [0.4, 0.5) is 0 Å². The fourth-order valence-corrected chi connectivity index (χ4v) is 3.23. The van der Waals surface area contributed by atoms with Crippen LogP contribution in [0.5, 0.6) is 11.5 Å². The van der Waals surface area contributed by atoms with E-state index in [2.05, 4.69) is 11.8 Å². The molecule has 1 amide bonds. The van der Waals surface area contributed by atoms with Crippen molar-refractivity contribution in [1.82, 2.24) is 4.90 Å². The normalized spacial score (nSPS) is 18.2. The summed E-state index contributed by atoms with van der Waals surface area (Å²) in [7, 11) is 3.25. The van der Waals surface area contributed by atoms with E-state index in [9.17, 15) is 4.79 Å². The lowest BCUT2D eigenvalue weighted by Crippen LogP contribution is -2.44. The summed E-state index contributed by atoms with van der Waals surface area (Å²) < 4.78 is 10.7. The Balaban J connectivity index is 2.17. The van der Waals surface area contributed by atoms with Crippen molar-refractivity contribution in [3.63, 3.8) is 0 Å². The molecule has 0 bridgehead atoms. The number of benzene rings is 1. The number of ether oxygens (including phenoxy) is 2. The Labute approximate surface area is 133 Å². The number of methoxy groups -OCH3 is 2. The van der Waals surface area contributed by atoms with Crippen LogP contribution in [-0.4, -0.2) is 37.6 Å². The largest absolute Gasteiger partial charge is 0.493 e. The van der Waals surface area contributed by atoms with Crippen LogP contribution in [-0.2, 0) is 11.2 Å². The number of hydrogen-bond acceptors (Lipinski definition) is 3. The first-order valence-corrected chi connectivity index (χ1v) is 8.11. The smallest absolute Gasteiger partial charge is 0.227 e. The molecule has 1 unspecified atom stereocenters. The highest BCUT2D eigenvalue weighted by Gasteiger charge is 2.25. The molecule has 122 valence electrons. The number of hydrogen-bond donors (Lipinski definition) is 0. The molecule has 0 N–H and O–H groups in total. The van der Waals surface area contributed by atoms with Gasteiger partial charge in [-0.25, -0.2) is 0 Å². The summed E-state index contributed by atoms with van der Waals surface area (Å²) >= 11 is 0. The van der Waals surface area contributed by atoms with Gasteiger partial charge in [-0.3, -0.25) is 4.79 Å². The molecule has 1 aliphatic heterocycles. The van der Waals surface area contributed by atoms with Crippen LogP contribution in [0.3, 0.4) is 0 Å². The molecule has 2 rings (SSSR count). The second-order valence-corrected chi connectivity index (χ2v) is 5.96. The van der Waals surface area contributed by atoms with Gasteiger partial charge in [0, 0.05) is 12.6 Å². The molecule has 0 spiro atoms. The first-order valence-electron chi connectivity index (χ1n) is 8.11. The van der Waals surface area contributed by atoms with Gasteiger partial charge in [0.1, 0.15) is 0 Å². The Bertz CT molecular complexity index is 527. The average Bonchev–Trinajstić information content (AvgIpc) is 2.56. The lowest BCUT2D eigenvalue weighted by atomic mass is 9.98. The molecule has 1 atom stereocenters. The SMILES string of the molecule is CCC1CCCCN1C(=O)Cc1cc(OC)c(OC)cc1C. The summed E-state index contributed by atoms with van der Waals surface area (Å²) in [5.74, 6) is 1.61. The van der Waals surface area contributed by atoms with Crippen LogP contribution in [0.2, 0.25) is 0 Å². The quantitative estimate of drug-likeness (QED) is 0.837. The Kier molecular flexibility index (Phi) is 5.69. The number of piperidine rings is 1. The molecule has 1 aliphatic rings. The van der Waals surface area contributed by atoms with Gasteiger partial charge in [-0.2, -0.15) is 0 Å². The fraction of sp³-hybridized carbons (Fsp3) is 0.611. The zero-order valence-corrected chi connectivity index (χ0v) is 14.1. The monoisotopic (exact) mass is 305 g/mol. The van der Waals surface area contributed by atoms with Gasteiger partial charge in [-0.1, -0.05) is 6.92 Å². The van der Waals surface area contributed by atoms with E-state index in [0.29, 0.717) is 24.0 Å². The highest BCUT2D eigenvalue weighted by Crippen LogP contribution is 2.31. The summed E-state index contributed by atoms with van der Waals surface area (Å²) in [5, 5.41) is 0. The van der Waals surface area contributed by atoms with Gasteiger partial charge in [-0.15, -0.1) is 0 Å². The van der Waals surface area contributed by atoms with E-state index >= 15 is 0 Å². The lowest BCUT2D eigenvalue weighted by Gasteiger charge is -2.35. The maximum Gasteiger partial charge on any atom is 0.227 e. The molecule has 1 saturated heterocycles. The standard InChI is InChI=1S/C18H27NO3/c1-5-15-8-6-7-9-19(15)18(20)12-14-11-17(22-4)16(21-3)10-13(14)2/h10-11,15H,5-9,12H2,1-4H3. The number of carbonyl (C=O) groups excluding carboxylic acids is 1. The van der Waals surface area contributed by atoms with Crippen molar-refractivity contribution in [2.45, 2.75) is 52.0 Å². The number of rotatable bonds is 5. The first-order chi connectivity index (χ1) is 10.6. The van der Waals surface area contributed by atoms with E-state index < -0.39 is 0 Å². The molecule has 4 heteroatoms. The molecule has 0 aliphatic carbocycles. The van der Waals surface area contributed by atoms with E-state index in [4.69, 9.17) is 9.47 Å². The topological polar surface area (TPSA) is 38.8 Å². The molecule has 1 aromatic rings. The van der Waals surface area contributed by atoms with Crippen molar-refractivity contribution >= 4 is 5.91 Å². The molecular weight excluding hydrogens is 278 g/mol. The van der Waals surface area contributed by atoms with Crippen molar-refractivity contribution in [1.29, 1.82) is 0 Å². The predicted octanol–water partition coefficient (Wildman–Crippen LogP) is 3.35. The van der Waals surface area contributed by atoms with Gasteiger partial charge < -0.3 is 14.4 Å². The number of likely N-dealkylation sites (tertiary alicyclic amines) is 1. The predicted molar refractivity (Wildman–Crippen MR) is 87.6 cm³/mol. The zero-order chi connectivity index (χ0) is 16.1. The second kappa shape index (κ2) is 7.52. The van der Waals surface area contributed by atoms with Crippen LogP contribution in [0.15, 0.2) is 12.1 Å².